The van der Waals surface area contributed by atoms with Gasteiger partial charge in [-0.15, -0.1) is 0 Å². The van der Waals surface area contributed by atoms with Gasteiger partial charge in [-0.1, -0.05) is 12.8 Å². The zero-order valence-corrected chi connectivity index (χ0v) is 20.8. The molecule has 2 aliphatic carbocycles. The fraction of sp³-hybridized carbons (Fsp3) is 0.538. The summed E-state index contributed by atoms with van der Waals surface area (Å²) in [6, 6.07) is 7.81. The van der Waals surface area contributed by atoms with Gasteiger partial charge >= 0.3 is 6.01 Å². The molecule has 0 radical (unpaired) electrons. The number of anilines is 2. The van der Waals surface area contributed by atoms with E-state index in [1.165, 1.54) is 0 Å². The third-order valence-corrected chi connectivity index (χ3v) is 7.60. The maximum Gasteiger partial charge on any atom is 0.319 e. The molecule has 194 valence electrons. The van der Waals surface area contributed by atoms with Crippen molar-refractivity contribution in [2.75, 3.05) is 30.3 Å². The molecule has 2 saturated carbocycles. The van der Waals surface area contributed by atoms with Gasteiger partial charge in [-0.3, -0.25) is 9.59 Å². The zero-order valence-electron chi connectivity index (χ0n) is 20.8. The van der Waals surface area contributed by atoms with Crippen LogP contribution in [0.2, 0.25) is 0 Å². The third-order valence-electron chi connectivity index (χ3n) is 7.60. The summed E-state index contributed by atoms with van der Waals surface area (Å²) in [5, 5.41) is 12.5. The van der Waals surface area contributed by atoms with Gasteiger partial charge in [-0.2, -0.15) is 15.2 Å². The van der Waals surface area contributed by atoms with Crippen molar-refractivity contribution in [1.29, 1.82) is 5.26 Å². The monoisotopic (exact) mass is 504 g/mol. The summed E-state index contributed by atoms with van der Waals surface area (Å²) >= 11 is 0. The Morgan fingerprint density at radius 3 is 2.51 bits per heavy atom. The molecule has 0 atom stereocenters. The Morgan fingerprint density at radius 1 is 1.14 bits per heavy atom. The number of nitrogens with one attached hydrogen (secondary N) is 1. The molecule has 0 spiro atoms. The Kier molecular flexibility index (Phi) is 6.82. The predicted molar refractivity (Wildman–Crippen MR) is 136 cm³/mol. The summed E-state index contributed by atoms with van der Waals surface area (Å²) in [5.41, 5.74) is 12.2. The zero-order chi connectivity index (χ0) is 26.0. The van der Waals surface area contributed by atoms with E-state index >= 15 is 0 Å². The van der Waals surface area contributed by atoms with Gasteiger partial charge in [-0.25, -0.2) is 4.98 Å². The SMILES string of the molecule is N#CC1(COc2nc(C(=O)NC3CCCC3)cc(N3CCC(c4ccc(N)c(C(N)=O)n4)CC3)n2)CC1. The number of aromatic nitrogens is 3. The molecule has 5 rings (SSSR count). The number of nitrogens with two attached hydrogens (primary N) is 2. The highest BCUT2D eigenvalue weighted by molar-refractivity contribution is 5.95. The predicted octanol–water partition coefficient (Wildman–Crippen LogP) is 2.29. The van der Waals surface area contributed by atoms with E-state index in [0.29, 0.717) is 18.9 Å². The summed E-state index contributed by atoms with van der Waals surface area (Å²) in [5.74, 6) is -0.118. The summed E-state index contributed by atoms with van der Waals surface area (Å²) in [7, 11) is 0. The van der Waals surface area contributed by atoms with Crippen molar-refractivity contribution in [2.45, 2.75) is 63.3 Å². The van der Waals surface area contributed by atoms with E-state index in [1.54, 1.807) is 12.1 Å². The minimum Gasteiger partial charge on any atom is -0.462 e. The highest BCUT2D eigenvalue weighted by atomic mass is 16.5. The number of hydrogen-bond donors (Lipinski definition) is 3. The smallest absolute Gasteiger partial charge is 0.319 e. The Hall–Kier alpha value is -3.94. The second-order valence-electron chi connectivity index (χ2n) is 10.3. The molecule has 37 heavy (non-hydrogen) atoms. The Bertz CT molecular complexity index is 1220. The van der Waals surface area contributed by atoms with E-state index in [4.69, 9.17) is 16.2 Å². The summed E-state index contributed by atoms with van der Waals surface area (Å²) in [6.07, 6.45) is 7.31. The van der Waals surface area contributed by atoms with Crippen molar-refractivity contribution in [2.24, 2.45) is 11.1 Å². The number of nitriles is 1. The fourth-order valence-corrected chi connectivity index (χ4v) is 5.04. The number of ether oxygens (including phenoxy) is 1. The second-order valence-corrected chi connectivity index (χ2v) is 10.3. The number of primary amides is 1. The number of amides is 2. The molecule has 3 fully saturated rings. The van der Waals surface area contributed by atoms with E-state index in [9.17, 15) is 14.9 Å². The van der Waals surface area contributed by atoms with Crippen LogP contribution < -0.4 is 26.4 Å². The first-order chi connectivity index (χ1) is 17.9. The lowest BCUT2D eigenvalue weighted by Gasteiger charge is -2.33. The lowest BCUT2D eigenvalue weighted by Crippen LogP contribution is -2.36. The topological polar surface area (TPSA) is 173 Å². The normalized spacial score (nSPS) is 19.3. The molecule has 5 N–H and O–H groups in total. The van der Waals surface area contributed by atoms with Gasteiger partial charge in [0.25, 0.3) is 11.8 Å². The first kappa shape index (κ1) is 24.7. The highest BCUT2D eigenvalue weighted by Gasteiger charge is 2.44. The van der Waals surface area contributed by atoms with E-state index in [0.717, 1.165) is 57.1 Å². The number of nitrogen functional groups attached to an aromatic ring is 1. The molecule has 0 aromatic carbocycles. The number of nitrogens with zero attached hydrogens (tertiary/aromatic N) is 5. The van der Waals surface area contributed by atoms with Crippen LogP contribution in [0.4, 0.5) is 11.5 Å². The molecule has 3 heterocycles. The van der Waals surface area contributed by atoms with Crippen LogP contribution in [-0.2, 0) is 0 Å². The van der Waals surface area contributed by atoms with Crippen LogP contribution in [-0.4, -0.2) is 52.5 Å². The third kappa shape index (κ3) is 5.58. The van der Waals surface area contributed by atoms with Gasteiger partial charge in [0.2, 0.25) is 0 Å². The number of piperidine rings is 1. The molecular formula is C26H32N8O3. The van der Waals surface area contributed by atoms with Crippen molar-refractivity contribution in [3.8, 4) is 12.1 Å². The Morgan fingerprint density at radius 2 is 1.86 bits per heavy atom. The van der Waals surface area contributed by atoms with Gasteiger partial charge in [0, 0.05) is 36.8 Å². The molecule has 11 nitrogen and oxygen atoms in total. The van der Waals surface area contributed by atoms with Crippen LogP contribution in [0.25, 0.3) is 0 Å². The molecular weight excluding hydrogens is 472 g/mol. The average molecular weight is 505 g/mol. The lowest BCUT2D eigenvalue weighted by atomic mass is 9.92. The van der Waals surface area contributed by atoms with Gasteiger partial charge in [0.15, 0.2) is 5.69 Å². The van der Waals surface area contributed by atoms with E-state index in [-0.39, 0.29) is 47.6 Å². The summed E-state index contributed by atoms with van der Waals surface area (Å²) in [6.45, 7) is 1.56. The Labute approximate surface area is 215 Å². The number of carbonyl (C=O) groups excluding carboxylic acids is 2. The van der Waals surface area contributed by atoms with Gasteiger partial charge in [-0.05, 0) is 50.7 Å². The molecule has 11 heteroatoms. The van der Waals surface area contributed by atoms with Gasteiger partial charge < -0.3 is 26.4 Å². The molecule has 2 amide bonds. The van der Waals surface area contributed by atoms with Crippen molar-refractivity contribution in [3.63, 3.8) is 0 Å². The first-order valence-corrected chi connectivity index (χ1v) is 12.9. The van der Waals surface area contributed by atoms with Crippen molar-refractivity contribution in [1.82, 2.24) is 20.3 Å². The van der Waals surface area contributed by atoms with Gasteiger partial charge in [0.05, 0.1) is 17.2 Å². The number of rotatable bonds is 8. The second kappa shape index (κ2) is 10.2. The van der Waals surface area contributed by atoms with Crippen LogP contribution in [0, 0.1) is 16.7 Å². The van der Waals surface area contributed by atoms with Crippen molar-refractivity contribution < 1.29 is 14.3 Å². The van der Waals surface area contributed by atoms with Crippen molar-refractivity contribution >= 4 is 23.3 Å². The maximum absolute atomic E-state index is 13.0. The maximum atomic E-state index is 13.0. The number of pyridine rings is 1. The van der Waals surface area contributed by atoms with E-state index < -0.39 is 11.3 Å². The van der Waals surface area contributed by atoms with Crippen LogP contribution in [0.3, 0.4) is 0 Å². The van der Waals surface area contributed by atoms with E-state index in [1.807, 2.05) is 6.07 Å². The lowest BCUT2D eigenvalue weighted by molar-refractivity contribution is 0.0930. The average Bonchev–Trinajstić information content (AvgIpc) is 3.52. The molecule has 1 saturated heterocycles. The van der Waals surface area contributed by atoms with Crippen LogP contribution in [0.5, 0.6) is 6.01 Å². The van der Waals surface area contributed by atoms with E-state index in [2.05, 4.69) is 31.2 Å². The van der Waals surface area contributed by atoms with Crippen LogP contribution >= 0.6 is 0 Å². The fourth-order valence-electron chi connectivity index (χ4n) is 5.04. The van der Waals surface area contributed by atoms with Crippen LogP contribution in [0.15, 0.2) is 18.2 Å². The summed E-state index contributed by atoms with van der Waals surface area (Å²) in [4.78, 5) is 40.2. The largest absolute Gasteiger partial charge is 0.462 e. The molecule has 2 aromatic rings. The summed E-state index contributed by atoms with van der Waals surface area (Å²) < 4.78 is 5.84. The number of hydrogen-bond acceptors (Lipinski definition) is 9. The minimum absolute atomic E-state index is 0.0984. The quantitative estimate of drug-likeness (QED) is 0.487. The molecule has 0 bridgehead atoms. The molecule has 3 aliphatic rings. The molecule has 1 aliphatic heterocycles. The number of carbonyl (C=O) groups is 2. The van der Waals surface area contributed by atoms with Crippen LogP contribution in [0.1, 0.15) is 84.0 Å². The standard InChI is InChI=1S/C26H32N8O3/c27-14-26(9-10-26)15-37-25-32-20(24(36)30-17-3-1-2-4-17)13-21(33-25)34-11-7-16(8-12-34)19-6-5-18(28)22(31-19)23(29)35/h5-6,13,16-17H,1-4,7-12,15,28H2,(H2,29,35)(H,30,36). The first-order valence-electron chi connectivity index (χ1n) is 12.9. The Balaban J connectivity index is 1.32. The van der Waals surface area contributed by atoms with Crippen molar-refractivity contribution in [3.05, 3.63) is 35.3 Å². The van der Waals surface area contributed by atoms with Gasteiger partial charge in [0.1, 0.15) is 18.1 Å². The molecule has 2 aromatic heterocycles. The molecule has 0 unspecified atom stereocenters. The minimum atomic E-state index is -0.641. The highest BCUT2D eigenvalue weighted by Crippen LogP contribution is 2.45.